The molecule has 0 aromatic heterocycles. The highest BCUT2D eigenvalue weighted by Crippen LogP contribution is 2.15. The molecule has 2 aromatic rings. The van der Waals surface area contributed by atoms with Crippen molar-refractivity contribution < 1.29 is 0 Å². The van der Waals surface area contributed by atoms with Gasteiger partial charge in [-0.05, 0) is 35.6 Å². The molecule has 1 heteroatoms. The van der Waals surface area contributed by atoms with Crippen LogP contribution in [0.15, 0.2) is 54.6 Å². The topological polar surface area (TPSA) is 12.0 Å². The zero-order chi connectivity index (χ0) is 12.8. The van der Waals surface area contributed by atoms with Crippen molar-refractivity contribution in [2.75, 3.05) is 5.32 Å². The van der Waals surface area contributed by atoms with Crippen LogP contribution >= 0.6 is 0 Å². The van der Waals surface area contributed by atoms with Crippen LogP contribution in [0.3, 0.4) is 0 Å². The summed E-state index contributed by atoms with van der Waals surface area (Å²) in [6.45, 7) is 5.39. The van der Waals surface area contributed by atoms with Gasteiger partial charge >= 0.3 is 0 Å². The average Bonchev–Trinajstić information content (AvgIpc) is 2.37. The standard InChI is InChI=1S/C17H21N/c1-14(2)11-16-9-6-10-17(12-16)18-13-15-7-4-3-5-8-15/h3-10,12,14,18H,11,13H2,1-2H3. The maximum Gasteiger partial charge on any atom is 0.0400 e. The van der Waals surface area contributed by atoms with Crippen molar-refractivity contribution in [1.29, 1.82) is 0 Å². The van der Waals surface area contributed by atoms with Gasteiger partial charge in [-0.25, -0.2) is 0 Å². The summed E-state index contributed by atoms with van der Waals surface area (Å²) in [5, 5.41) is 3.47. The van der Waals surface area contributed by atoms with E-state index in [4.69, 9.17) is 0 Å². The zero-order valence-electron chi connectivity index (χ0n) is 11.2. The third kappa shape index (κ3) is 3.92. The SMILES string of the molecule is CC(C)Cc1cccc(NCc2ccccc2)c1. The molecule has 94 valence electrons. The normalized spacial score (nSPS) is 10.6. The molecule has 18 heavy (non-hydrogen) atoms. The first-order chi connectivity index (χ1) is 8.74. The molecule has 0 heterocycles. The molecule has 0 saturated heterocycles. The van der Waals surface area contributed by atoms with E-state index in [1.807, 2.05) is 6.07 Å². The van der Waals surface area contributed by atoms with E-state index in [1.54, 1.807) is 0 Å². The summed E-state index contributed by atoms with van der Waals surface area (Å²) in [6.07, 6.45) is 1.14. The van der Waals surface area contributed by atoms with E-state index in [-0.39, 0.29) is 0 Å². The highest BCUT2D eigenvalue weighted by atomic mass is 14.9. The van der Waals surface area contributed by atoms with Crippen molar-refractivity contribution in [2.24, 2.45) is 5.92 Å². The van der Waals surface area contributed by atoms with Crippen LogP contribution in [0.1, 0.15) is 25.0 Å². The van der Waals surface area contributed by atoms with E-state index in [0.717, 1.165) is 13.0 Å². The van der Waals surface area contributed by atoms with Crippen molar-refractivity contribution >= 4 is 5.69 Å². The summed E-state index contributed by atoms with van der Waals surface area (Å²) < 4.78 is 0. The highest BCUT2D eigenvalue weighted by molar-refractivity contribution is 5.46. The van der Waals surface area contributed by atoms with Gasteiger partial charge in [0.15, 0.2) is 0 Å². The molecule has 0 aliphatic carbocycles. The lowest BCUT2D eigenvalue weighted by molar-refractivity contribution is 0.647. The Kier molecular flexibility index (Phi) is 4.40. The molecule has 1 N–H and O–H groups in total. The van der Waals surface area contributed by atoms with Crippen LogP contribution in [0, 0.1) is 5.92 Å². The van der Waals surface area contributed by atoms with Crippen LogP contribution in [-0.4, -0.2) is 0 Å². The van der Waals surface area contributed by atoms with Gasteiger partial charge in [-0.2, -0.15) is 0 Å². The lowest BCUT2D eigenvalue weighted by Crippen LogP contribution is -2.00. The first-order valence-corrected chi connectivity index (χ1v) is 6.61. The molecular formula is C17H21N. The minimum atomic E-state index is 0.703. The molecule has 0 atom stereocenters. The van der Waals surface area contributed by atoms with Gasteiger partial charge in [0.25, 0.3) is 0 Å². The van der Waals surface area contributed by atoms with Crippen molar-refractivity contribution in [3.8, 4) is 0 Å². The molecule has 0 saturated carbocycles. The summed E-state index contributed by atoms with van der Waals surface area (Å²) in [6, 6.07) is 19.2. The molecule has 0 amide bonds. The second kappa shape index (κ2) is 6.25. The highest BCUT2D eigenvalue weighted by Gasteiger charge is 1.99. The Balaban J connectivity index is 1.97. The largest absolute Gasteiger partial charge is 0.381 e. The Morgan fingerprint density at radius 1 is 0.889 bits per heavy atom. The lowest BCUT2D eigenvalue weighted by Gasteiger charge is -2.10. The molecule has 0 fully saturated rings. The van der Waals surface area contributed by atoms with Crippen molar-refractivity contribution in [3.05, 3.63) is 65.7 Å². The quantitative estimate of drug-likeness (QED) is 0.810. The first-order valence-electron chi connectivity index (χ1n) is 6.61. The number of rotatable bonds is 5. The van der Waals surface area contributed by atoms with E-state index in [1.165, 1.54) is 16.8 Å². The number of hydrogen-bond donors (Lipinski definition) is 1. The summed E-state index contributed by atoms with van der Waals surface area (Å²) in [4.78, 5) is 0. The Morgan fingerprint density at radius 3 is 2.33 bits per heavy atom. The smallest absolute Gasteiger partial charge is 0.0400 e. The molecule has 2 rings (SSSR count). The minimum absolute atomic E-state index is 0.703. The fraction of sp³-hybridized carbons (Fsp3) is 0.294. The molecule has 1 nitrogen and oxygen atoms in total. The summed E-state index contributed by atoms with van der Waals surface area (Å²) in [5.41, 5.74) is 3.92. The second-order valence-corrected chi connectivity index (χ2v) is 5.14. The fourth-order valence-corrected chi connectivity index (χ4v) is 2.08. The predicted molar refractivity (Wildman–Crippen MR) is 78.8 cm³/mol. The third-order valence-corrected chi connectivity index (χ3v) is 2.91. The average molecular weight is 239 g/mol. The molecule has 0 spiro atoms. The van der Waals surface area contributed by atoms with Crippen molar-refractivity contribution in [3.63, 3.8) is 0 Å². The van der Waals surface area contributed by atoms with E-state index in [2.05, 4.69) is 67.7 Å². The fourth-order valence-electron chi connectivity index (χ4n) is 2.08. The van der Waals surface area contributed by atoms with Crippen LogP contribution in [0.4, 0.5) is 5.69 Å². The van der Waals surface area contributed by atoms with Gasteiger partial charge in [-0.3, -0.25) is 0 Å². The van der Waals surface area contributed by atoms with Crippen LogP contribution < -0.4 is 5.32 Å². The molecule has 0 radical (unpaired) electrons. The molecule has 0 aliphatic rings. The van der Waals surface area contributed by atoms with Crippen LogP contribution in [-0.2, 0) is 13.0 Å². The number of anilines is 1. The van der Waals surface area contributed by atoms with Gasteiger partial charge in [0.1, 0.15) is 0 Å². The van der Waals surface area contributed by atoms with Gasteiger partial charge in [0.05, 0.1) is 0 Å². The maximum atomic E-state index is 3.47. The lowest BCUT2D eigenvalue weighted by atomic mass is 10.0. The molecule has 0 aliphatic heterocycles. The van der Waals surface area contributed by atoms with Crippen LogP contribution in [0.2, 0.25) is 0 Å². The minimum Gasteiger partial charge on any atom is -0.381 e. The van der Waals surface area contributed by atoms with Crippen LogP contribution in [0.25, 0.3) is 0 Å². The Bertz CT molecular complexity index is 474. The predicted octanol–water partition coefficient (Wildman–Crippen LogP) is 4.50. The van der Waals surface area contributed by atoms with E-state index in [0.29, 0.717) is 5.92 Å². The van der Waals surface area contributed by atoms with E-state index < -0.39 is 0 Å². The number of nitrogens with one attached hydrogen (secondary N) is 1. The van der Waals surface area contributed by atoms with Gasteiger partial charge in [0, 0.05) is 12.2 Å². The first kappa shape index (κ1) is 12.7. The van der Waals surface area contributed by atoms with Crippen LogP contribution in [0.5, 0.6) is 0 Å². The second-order valence-electron chi connectivity index (χ2n) is 5.14. The molecule has 0 unspecified atom stereocenters. The molecule has 2 aromatic carbocycles. The van der Waals surface area contributed by atoms with Gasteiger partial charge in [0.2, 0.25) is 0 Å². The summed E-state index contributed by atoms with van der Waals surface area (Å²) in [5.74, 6) is 0.703. The Labute approximate surface area is 110 Å². The monoisotopic (exact) mass is 239 g/mol. The Hall–Kier alpha value is -1.76. The van der Waals surface area contributed by atoms with E-state index in [9.17, 15) is 0 Å². The van der Waals surface area contributed by atoms with Crippen molar-refractivity contribution in [1.82, 2.24) is 0 Å². The Morgan fingerprint density at radius 2 is 1.61 bits per heavy atom. The van der Waals surface area contributed by atoms with E-state index >= 15 is 0 Å². The molecular weight excluding hydrogens is 218 g/mol. The van der Waals surface area contributed by atoms with Gasteiger partial charge in [-0.15, -0.1) is 0 Å². The zero-order valence-corrected chi connectivity index (χ0v) is 11.2. The number of hydrogen-bond acceptors (Lipinski definition) is 1. The summed E-state index contributed by atoms with van der Waals surface area (Å²) >= 11 is 0. The van der Waals surface area contributed by atoms with Gasteiger partial charge in [-0.1, -0.05) is 56.3 Å². The van der Waals surface area contributed by atoms with Crippen molar-refractivity contribution in [2.45, 2.75) is 26.8 Å². The van der Waals surface area contributed by atoms with Gasteiger partial charge < -0.3 is 5.32 Å². The molecule has 0 bridgehead atoms. The third-order valence-electron chi connectivity index (χ3n) is 2.91. The number of benzene rings is 2. The maximum absolute atomic E-state index is 3.47. The summed E-state index contributed by atoms with van der Waals surface area (Å²) in [7, 11) is 0.